The molecule has 1 fully saturated rings. The van der Waals surface area contributed by atoms with Gasteiger partial charge in [0.05, 0.1) is 23.5 Å². The number of anilines is 1. The molecule has 2 aliphatic carbocycles. The Balaban J connectivity index is 1.89. The lowest BCUT2D eigenvalue weighted by atomic mass is 9.78. The van der Waals surface area contributed by atoms with Crippen molar-refractivity contribution in [2.75, 3.05) is 5.32 Å². The number of rotatable bonds is 5. The molecule has 7 heteroatoms. The van der Waals surface area contributed by atoms with E-state index in [2.05, 4.69) is 12.2 Å². The van der Waals surface area contributed by atoms with Crippen LogP contribution in [0, 0.1) is 17.8 Å². The minimum absolute atomic E-state index is 0.246. The zero-order valence-electron chi connectivity index (χ0n) is 16.7. The van der Waals surface area contributed by atoms with Gasteiger partial charge >= 0.3 is 11.9 Å². The first kappa shape index (κ1) is 20.8. The SMILES string of the molecule is CC(C)OC(=O)c1c(NC(=O)[C@@H]2CCCC[C@H]2C(=O)O)sc2c1CC[C@@H](C)C2. The van der Waals surface area contributed by atoms with Gasteiger partial charge in [-0.05, 0) is 57.4 Å². The summed E-state index contributed by atoms with van der Waals surface area (Å²) in [5.41, 5.74) is 1.46. The lowest BCUT2D eigenvalue weighted by Crippen LogP contribution is -2.36. The van der Waals surface area contributed by atoms with Crippen molar-refractivity contribution in [3.63, 3.8) is 0 Å². The molecule has 3 rings (SSSR count). The normalized spacial score (nSPS) is 24.5. The van der Waals surface area contributed by atoms with Crippen LogP contribution in [0.4, 0.5) is 5.00 Å². The van der Waals surface area contributed by atoms with Crippen LogP contribution >= 0.6 is 11.3 Å². The Labute approximate surface area is 169 Å². The molecule has 6 nitrogen and oxygen atoms in total. The molecule has 0 bridgehead atoms. The molecule has 1 saturated carbocycles. The van der Waals surface area contributed by atoms with Crippen LogP contribution in [0.1, 0.15) is 73.7 Å². The maximum absolute atomic E-state index is 12.9. The van der Waals surface area contributed by atoms with Crippen molar-refractivity contribution in [2.24, 2.45) is 17.8 Å². The van der Waals surface area contributed by atoms with Crippen molar-refractivity contribution in [3.05, 3.63) is 16.0 Å². The van der Waals surface area contributed by atoms with Gasteiger partial charge in [0.1, 0.15) is 5.00 Å². The molecule has 0 spiro atoms. The van der Waals surface area contributed by atoms with E-state index < -0.39 is 23.8 Å². The number of nitrogens with one attached hydrogen (secondary N) is 1. The Hall–Kier alpha value is -1.89. The Morgan fingerprint density at radius 2 is 1.82 bits per heavy atom. The van der Waals surface area contributed by atoms with Gasteiger partial charge in [-0.1, -0.05) is 19.8 Å². The molecule has 0 radical (unpaired) electrons. The number of amides is 1. The van der Waals surface area contributed by atoms with Crippen LogP contribution in [-0.2, 0) is 27.2 Å². The Morgan fingerprint density at radius 1 is 1.14 bits per heavy atom. The summed E-state index contributed by atoms with van der Waals surface area (Å²) in [5, 5.41) is 12.9. The standard InChI is InChI=1S/C21H29NO5S/c1-11(2)27-21(26)17-15-9-8-12(3)10-16(15)28-19(17)22-18(23)13-6-4-5-7-14(13)20(24)25/h11-14H,4-10H2,1-3H3,(H,22,23)(H,24,25)/t12-,13-,14-/m1/s1. The highest BCUT2D eigenvalue weighted by molar-refractivity contribution is 7.17. The van der Waals surface area contributed by atoms with Crippen molar-refractivity contribution in [1.29, 1.82) is 0 Å². The molecule has 0 aliphatic heterocycles. The average molecular weight is 408 g/mol. The quantitative estimate of drug-likeness (QED) is 0.711. The molecule has 2 N–H and O–H groups in total. The number of esters is 1. The number of hydrogen-bond donors (Lipinski definition) is 2. The van der Waals surface area contributed by atoms with Gasteiger partial charge in [-0.3, -0.25) is 9.59 Å². The zero-order chi connectivity index (χ0) is 20.4. The Bertz CT molecular complexity index is 769. The second kappa shape index (κ2) is 8.64. The number of ether oxygens (including phenoxy) is 1. The van der Waals surface area contributed by atoms with Crippen LogP contribution in [0.25, 0.3) is 0 Å². The number of aliphatic carboxylic acids is 1. The highest BCUT2D eigenvalue weighted by Gasteiger charge is 2.37. The fourth-order valence-corrected chi connectivity index (χ4v) is 5.67. The maximum Gasteiger partial charge on any atom is 0.341 e. The van der Waals surface area contributed by atoms with Crippen LogP contribution in [0.15, 0.2) is 0 Å². The summed E-state index contributed by atoms with van der Waals surface area (Å²) < 4.78 is 5.44. The number of carbonyl (C=O) groups excluding carboxylic acids is 2. The number of thiophene rings is 1. The largest absolute Gasteiger partial charge is 0.481 e. The number of carboxylic acid groups (broad SMARTS) is 1. The number of hydrogen-bond acceptors (Lipinski definition) is 5. The summed E-state index contributed by atoms with van der Waals surface area (Å²) in [5.74, 6) is -2.29. The summed E-state index contributed by atoms with van der Waals surface area (Å²) in [7, 11) is 0. The first-order chi connectivity index (χ1) is 13.3. The smallest absolute Gasteiger partial charge is 0.341 e. The van der Waals surface area contributed by atoms with Crippen molar-refractivity contribution >= 4 is 34.2 Å². The van der Waals surface area contributed by atoms with Gasteiger partial charge < -0.3 is 15.2 Å². The zero-order valence-corrected chi connectivity index (χ0v) is 17.6. The molecule has 154 valence electrons. The summed E-state index contributed by atoms with van der Waals surface area (Å²) in [6.45, 7) is 5.79. The predicted octanol–water partition coefficient (Wildman–Crippen LogP) is 4.27. The van der Waals surface area contributed by atoms with Crippen LogP contribution in [0.3, 0.4) is 0 Å². The minimum atomic E-state index is -0.918. The topological polar surface area (TPSA) is 92.7 Å². The summed E-state index contributed by atoms with van der Waals surface area (Å²) in [4.78, 5) is 38.4. The average Bonchev–Trinajstić information content (AvgIpc) is 2.97. The third kappa shape index (κ3) is 4.40. The fraction of sp³-hybridized carbons (Fsp3) is 0.667. The Kier molecular flexibility index (Phi) is 6.43. The highest BCUT2D eigenvalue weighted by Crippen LogP contribution is 2.41. The third-order valence-electron chi connectivity index (χ3n) is 5.72. The van der Waals surface area contributed by atoms with E-state index in [1.807, 2.05) is 0 Å². The van der Waals surface area contributed by atoms with Crippen molar-refractivity contribution in [2.45, 2.75) is 71.8 Å². The van der Waals surface area contributed by atoms with Crippen molar-refractivity contribution in [3.8, 4) is 0 Å². The molecule has 28 heavy (non-hydrogen) atoms. The van der Waals surface area contributed by atoms with Gasteiger partial charge in [-0.15, -0.1) is 11.3 Å². The van der Waals surface area contributed by atoms with Crippen LogP contribution < -0.4 is 5.32 Å². The minimum Gasteiger partial charge on any atom is -0.481 e. The first-order valence-electron chi connectivity index (χ1n) is 10.2. The molecule has 0 aromatic carbocycles. The molecule has 1 aromatic rings. The van der Waals surface area contributed by atoms with E-state index in [-0.39, 0.29) is 12.0 Å². The third-order valence-corrected chi connectivity index (χ3v) is 6.88. The molecule has 1 heterocycles. The van der Waals surface area contributed by atoms with Gasteiger partial charge in [0.15, 0.2) is 0 Å². The van der Waals surface area contributed by atoms with E-state index in [1.54, 1.807) is 13.8 Å². The molecule has 2 aliphatic rings. The summed E-state index contributed by atoms with van der Waals surface area (Å²) >= 11 is 1.44. The second-order valence-corrected chi connectivity index (χ2v) is 9.44. The molecule has 1 amide bonds. The van der Waals surface area contributed by atoms with E-state index in [9.17, 15) is 19.5 Å². The van der Waals surface area contributed by atoms with E-state index in [0.717, 1.165) is 42.5 Å². The van der Waals surface area contributed by atoms with Gasteiger partial charge in [0.2, 0.25) is 5.91 Å². The van der Waals surface area contributed by atoms with Gasteiger partial charge in [0.25, 0.3) is 0 Å². The molecular weight excluding hydrogens is 378 g/mol. The lowest BCUT2D eigenvalue weighted by Gasteiger charge is -2.27. The monoisotopic (exact) mass is 407 g/mol. The number of carboxylic acids is 1. The molecule has 0 saturated heterocycles. The maximum atomic E-state index is 12.9. The molecule has 0 unspecified atom stereocenters. The van der Waals surface area contributed by atoms with E-state index in [0.29, 0.717) is 29.3 Å². The first-order valence-corrected chi connectivity index (χ1v) is 11.0. The van der Waals surface area contributed by atoms with Gasteiger partial charge in [-0.2, -0.15) is 0 Å². The molecular formula is C21H29NO5S. The Morgan fingerprint density at radius 3 is 2.46 bits per heavy atom. The predicted molar refractivity (Wildman–Crippen MR) is 108 cm³/mol. The molecule has 1 aromatic heterocycles. The lowest BCUT2D eigenvalue weighted by molar-refractivity contribution is -0.147. The molecule has 3 atom stereocenters. The number of carbonyl (C=O) groups is 3. The summed E-state index contributed by atoms with van der Waals surface area (Å²) in [6, 6.07) is 0. The highest BCUT2D eigenvalue weighted by atomic mass is 32.1. The number of fused-ring (bicyclic) bond motifs is 1. The van der Waals surface area contributed by atoms with Crippen LogP contribution in [-0.4, -0.2) is 29.1 Å². The second-order valence-electron chi connectivity index (χ2n) is 8.33. The van der Waals surface area contributed by atoms with Crippen LogP contribution in [0.5, 0.6) is 0 Å². The fourth-order valence-electron chi connectivity index (χ4n) is 4.27. The van der Waals surface area contributed by atoms with E-state index in [4.69, 9.17) is 4.74 Å². The summed E-state index contributed by atoms with van der Waals surface area (Å²) in [6.07, 6.45) is 5.21. The van der Waals surface area contributed by atoms with Crippen molar-refractivity contribution < 1.29 is 24.2 Å². The van der Waals surface area contributed by atoms with Crippen LogP contribution in [0.2, 0.25) is 0 Å². The van der Waals surface area contributed by atoms with Gasteiger partial charge in [-0.25, -0.2) is 4.79 Å². The van der Waals surface area contributed by atoms with E-state index >= 15 is 0 Å². The van der Waals surface area contributed by atoms with Crippen molar-refractivity contribution in [1.82, 2.24) is 0 Å². The van der Waals surface area contributed by atoms with E-state index in [1.165, 1.54) is 11.3 Å². The van der Waals surface area contributed by atoms with Gasteiger partial charge in [0, 0.05) is 4.88 Å².